The van der Waals surface area contributed by atoms with Crippen molar-refractivity contribution in [2.24, 2.45) is 4.99 Å². The summed E-state index contributed by atoms with van der Waals surface area (Å²) >= 11 is 0. The van der Waals surface area contributed by atoms with Crippen molar-refractivity contribution >= 4 is 35.5 Å². The van der Waals surface area contributed by atoms with Crippen molar-refractivity contribution in [3.8, 4) is 0 Å². The number of aliphatic hydroxyl groups excluding tert-OH is 1. The van der Waals surface area contributed by atoms with Crippen LogP contribution in [0.2, 0.25) is 0 Å². The van der Waals surface area contributed by atoms with Gasteiger partial charge in [0.05, 0.1) is 6.20 Å². The molecule has 1 aliphatic rings. The molecule has 2 N–H and O–H groups in total. The Morgan fingerprint density at radius 2 is 2.10 bits per heavy atom. The summed E-state index contributed by atoms with van der Waals surface area (Å²) in [7, 11) is 0. The second-order valence-corrected chi connectivity index (χ2v) is 8.25. The molecule has 2 aromatic heterocycles. The standard InChI is InChI=1S/C23H23FN4O2/c1-23(2,3)15-5-4-6-16(11-15)26-21-19(24)12-25-22(28-21)27-17-7-8-20-14(9-17)10-18(13-29)30-20/h4-6,8,10-13,29H,7,9H2,1-3H3,(H,25,26,28). The van der Waals surface area contributed by atoms with Gasteiger partial charge in [-0.05, 0) is 35.3 Å². The highest BCUT2D eigenvalue weighted by Gasteiger charge is 2.16. The van der Waals surface area contributed by atoms with E-state index in [2.05, 4.69) is 41.0 Å². The molecule has 0 spiro atoms. The first-order valence-corrected chi connectivity index (χ1v) is 9.72. The topological polar surface area (TPSA) is 83.5 Å². The number of anilines is 2. The zero-order chi connectivity index (χ0) is 21.3. The molecule has 0 saturated carbocycles. The molecule has 7 heteroatoms. The molecule has 0 unspecified atom stereocenters. The van der Waals surface area contributed by atoms with Crippen LogP contribution in [-0.4, -0.2) is 20.8 Å². The number of halogens is 1. The fraction of sp³-hybridized carbons (Fsp3) is 0.261. The highest BCUT2D eigenvalue weighted by atomic mass is 19.1. The SMILES string of the molecule is CC(C)(C)c1cccc(Nc2nc(N=C3CC=c4oc(=CO)cc4C3)ncc2F)c1. The largest absolute Gasteiger partial charge is 0.512 e. The number of furan rings is 1. The van der Waals surface area contributed by atoms with Crippen LogP contribution in [-0.2, 0) is 11.8 Å². The van der Waals surface area contributed by atoms with E-state index in [1.807, 2.05) is 30.3 Å². The van der Waals surface area contributed by atoms with Gasteiger partial charge < -0.3 is 14.8 Å². The predicted octanol–water partition coefficient (Wildman–Crippen LogP) is 4.05. The molecule has 1 aliphatic carbocycles. The van der Waals surface area contributed by atoms with Gasteiger partial charge in [-0.25, -0.2) is 14.4 Å². The second-order valence-electron chi connectivity index (χ2n) is 8.25. The number of hydrogen-bond acceptors (Lipinski definition) is 6. The molecule has 30 heavy (non-hydrogen) atoms. The molecule has 0 amide bonds. The van der Waals surface area contributed by atoms with E-state index in [-0.39, 0.29) is 17.2 Å². The van der Waals surface area contributed by atoms with Crippen molar-refractivity contribution in [3.63, 3.8) is 0 Å². The third kappa shape index (κ3) is 4.25. The Bertz CT molecular complexity index is 1240. The van der Waals surface area contributed by atoms with Crippen LogP contribution in [0.25, 0.3) is 12.3 Å². The minimum absolute atomic E-state index is 0.0177. The van der Waals surface area contributed by atoms with Crippen LogP contribution < -0.4 is 16.1 Å². The van der Waals surface area contributed by atoms with E-state index in [1.54, 1.807) is 6.07 Å². The zero-order valence-electron chi connectivity index (χ0n) is 17.1. The molecule has 1 aromatic carbocycles. The normalized spacial score (nSPS) is 15.7. The zero-order valence-corrected chi connectivity index (χ0v) is 17.1. The number of aliphatic hydroxyl groups is 1. The van der Waals surface area contributed by atoms with Crippen molar-refractivity contribution in [3.05, 3.63) is 64.3 Å². The number of hydrogen-bond donors (Lipinski definition) is 2. The smallest absolute Gasteiger partial charge is 0.251 e. The molecule has 0 bridgehead atoms. The Hall–Kier alpha value is -3.48. The van der Waals surface area contributed by atoms with E-state index in [4.69, 9.17) is 9.52 Å². The summed E-state index contributed by atoms with van der Waals surface area (Å²) in [6.45, 7) is 6.37. The van der Waals surface area contributed by atoms with Gasteiger partial charge in [-0.1, -0.05) is 32.9 Å². The van der Waals surface area contributed by atoms with E-state index in [0.29, 0.717) is 18.3 Å². The van der Waals surface area contributed by atoms with Gasteiger partial charge in [0.1, 0.15) is 11.7 Å². The quantitative estimate of drug-likeness (QED) is 0.686. The molecule has 154 valence electrons. The van der Waals surface area contributed by atoms with Crippen LogP contribution in [0.3, 0.4) is 0 Å². The summed E-state index contributed by atoms with van der Waals surface area (Å²) in [5.41, 5.74) is 4.77. The number of nitrogens with zero attached hydrogens (tertiary/aromatic N) is 3. The average molecular weight is 406 g/mol. The van der Waals surface area contributed by atoms with Gasteiger partial charge in [0.15, 0.2) is 17.1 Å². The summed E-state index contributed by atoms with van der Waals surface area (Å²) in [5, 5.41) is 12.1. The Balaban J connectivity index is 1.58. The number of fused-ring (bicyclic) bond motifs is 1. The van der Waals surface area contributed by atoms with Crippen LogP contribution in [0.15, 0.2) is 45.9 Å². The summed E-state index contributed by atoms with van der Waals surface area (Å²) < 4.78 is 19.8. The highest BCUT2D eigenvalue weighted by molar-refractivity contribution is 5.93. The molecule has 0 atom stereocenters. The van der Waals surface area contributed by atoms with Crippen molar-refractivity contribution in [1.82, 2.24) is 9.97 Å². The Labute approximate surface area is 173 Å². The van der Waals surface area contributed by atoms with Gasteiger partial charge in [0.25, 0.3) is 5.95 Å². The van der Waals surface area contributed by atoms with E-state index >= 15 is 0 Å². The van der Waals surface area contributed by atoms with Crippen molar-refractivity contribution in [2.45, 2.75) is 39.0 Å². The monoisotopic (exact) mass is 406 g/mol. The molecule has 2 heterocycles. The lowest BCUT2D eigenvalue weighted by atomic mass is 9.87. The first-order chi connectivity index (χ1) is 14.3. The van der Waals surface area contributed by atoms with E-state index < -0.39 is 5.82 Å². The number of aliphatic imine (C=N–C) groups is 1. The lowest BCUT2D eigenvalue weighted by Crippen LogP contribution is -2.16. The number of aromatic nitrogens is 2. The Morgan fingerprint density at radius 1 is 1.27 bits per heavy atom. The number of rotatable bonds is 3. The Kier molecular flexibility index (Phi) is 5.11. The van der Waals surface area contributed by atoms with E-state index in [0.717, 1.165) is 40.4 Å². The van der Waals surface area contributed by atoms with Crippen molar-refractivity contribution in [1.29, 1.82) is 0 Å². The minimum Gasteiger partial charge on any atom is -0.512 e. The number of benzene rings is 1. The van der Waals surface area contributed by atoms with Crippen LogP contribution in [0.4, 0.5) is 21.8 Å². The molecule has 0 aliphatic heterocycles. The van der Waals surface area contributed by atoms with Crippen molar-refractivity contribution in [2.75, 3.05) is 5.32 Å². The number of nitrogens with one attached hydrogen (secondary N) is 1. The lowest BCUT2D eigenvalue weighted by Gasteiger charge is -2.20. The fourth-order valence-corrected chi connectivity index (χ4v) is 3.27. The van der Waals surface area contributed by atoms with Gasteiger partial charge in [-0.3, -0.25) is 0 Å². The molecule has 4 rings (SSSR count). The molecule has 3 aromatic rings. The Morgan fingerprint density at radius 3 is 2.87 bits per heavy atom. The molecule has 0 radical (unpaired) electrons. The van der Waals surface area contributed by atoms with Gasteiger partial charge in [0, 0.05) is 29.8 Å². The van der Waals surface area contributed by atoms with Crippen LogP contribution in [0, 0.1) is 5.82 Å². The predicted molar refractivity (Wildman–Crippen MR) is 115 cm³/mol. The molecule has 0 saturated heterocycles. The van der Waals surface area contributed by atoms with E-state index in [1.165, 1.54) is 0 Å². The molecular formula is C23H23FN4O2. The second kappa shape index (κ2) is 7.74. The maximum atomic E-state index is 14.3. The fourth-order valence-electron chi connectivity index (χ4n) is 3.27. The molecular weight excluding hydrogens is 383 g/mol. The average Bonchev–Trinajstić information content (AvgIpc) is 3.13. The van der Waals surface area contributed by atoms with Crippen LogP contribution in [0.1, 0.15) is 38.3 Å². The first-order valence-electron chi connectivity index (χ1n) is 9.72. The van der Waals surface area contributed by atoms with Gasteiger partial charge in [-0.2, -0.15) is 4.98 Å². The minimum atomic E-state index is -0.546. The first kappa shape index (κ1) is 19.8. The molecule has 6 nitrogen and oxygen atoms in total. The summed E-state index contributed by atoms with van der Waals surface area (Å²) in [4.78, 5) is 12.8. The third-order valence-corrected chi connectivity index (χ3v) is 4.89. The van der Waals surface area contributed by atoms with Gasteiger partial charge in [-0.15, -0.1) is 0 Å². The third-order valence-electron chi connectivity index (χ3n) is 4.89. The van der Waals surface area contributed by atoms with Crippen LogP contribution in [0.5, 0.6) is 0 Å². The summed E-state index contributed by atoms with van der Waals surface area (Å²) in [6, 6.07) is 9.60. The molecule has 0 fully saturated rings. The van der Waals surface area contributed by atoms with Gasteiger partial charge >= 0.3 is 0 Å². The van der Waals surface area contributed by atoms with Crippen LogP contribution >= 0.6 is 0 Å². The van der Waals surface area contributed by atoms with E-state index in [9.17, 15) is 4.39 Å². The van der Waals surface area contributed by atoms with Gasteiger partial charge in [0.2, 0.25) is 0 Å². The summed E-state index contributed by atoms with van der Waals surface area (Å²) in [5.74, 6) is -0.276. The maximum Gasteiger partial charge on any atom is 0.251 e. The van der Waals surface area contributed by atoms with Crippen molar-refractivity contribution < 1.29 is 13.9 Å². The maximum absolute atomic E-state index is 14.3. The summed E-state index contributed by atoms with van der Waals surface area (Å²) in [6.07, 6.45) is 5.07. The lowest BCUT2D eigenvalue weighted by molar-refractivity contribution is 0.463. The highest BCUT2D eigenvalue weighted by Crippen LogP contribution is 2.27.